The first-order chi connectivity index (χ1) is 32.2. The monoisotopic (exact) mass is 968 g/mol. The zero-order chi connectivity index (χ0) is 49.9. The maximum Gasteiger partial charge on any atom is 0.340 e. The molecule has 0 spiro atoms. The van der Waals surface area contributed by atoms with Crippen LogP contribution in [0.25, 0.3) is 0 Å². The van der Waals surface area contributed by atoms with Gasteiger partial charge in [-0.3, -0.25) is 9.59 Å². The molecule has 5 heterocycles. The molecule has 5 aliphatic heterocycles. The van der Waals surface area contributed by atoms with Crippen molar-refractivity contribution in [2.24, 2.45) is 0 Å². The fourth-order valence-corrected chi connectivity index (χ4v) is 9.07. The Morgan fingerprint density at radius 1 is 0.551 bits per heavy atom. The van der Waals surface area contributed by atoms with Crippen LogP contribution in [-0.2, 0) is 47.6 Å². The van der Waals surface area contributed by atoms with Gasteiger partial charge in [0.15, 0.2) is 52.5 Å². The number of carbonyl (C=O) groups excluding carboxylic acids is 7. The summed E-state index contributed by atoms with van der Waals surface area (Å²) in [5.74, 6) is -44.2. The quantitative estimate of drug-likeness (QED) is 0.0506. The molecule has 2 aliphatic carbocycles. The van der Waals surface area contributed by atoms with E-state index in [1.807, 2.05) is 0 Å². The van der Waals surface area contributed by atoms with Gasteiger partial charge in [-0.2, -0.15) is 0 Å². The number of hydrogen-bond donors (Lipinski definition) is 13. The lowest BCUT2D eigenvalue weighted by Gasteiger charge is -2.49. The molecule has 360 valence electrons. The van der Waals surface area contributed by atoms with Gasteiger partial charge in [0.25, 0.3) is 11.6 Å². The molecule has 0 saturated carbocycles. The SMILES string of the molecule is O=C1OC[C@H]2O[C@@H](OC(=O)c3cc(O)c(O)c(O)c3)[C@H]3OC(=O)c4cc(O)c(O)c5c4[C@@H]4C(=CC(=O)[C@@](O)(O5)C4(O)O)C(=O)O[C@H]2[C@@H]3OC(=O)c2cc(O)c(O)c3c2[C@@H]2C1=CC(=O)[C@](O)(O3)C2(O)O. The Balaban J connectivity index is 1.21. The molecule has 9 atom stereocenters. The molecule has 28 nitrogen and oxygen atoms in total. The van der Waals surface area contributed by atoms with E-state index >= 15 is 0 Å². The molecule has 0 radical (unpaired) electrons. The van der Waals surface area contributed by atoms with E-state index in [0.29, 0.717) is 30.3 Å². The molecule has 8 bridgehead atoms. The van der Waals surface area contributed by atoms with Gasteiger partial charge in [-0.05, 0) is 36.4 Å². The van der Waals surface area contributed by atoms with Crippen molar-refractivity contribution in [3.63, 3.8) is 0 Å². The third kappa shape index (κ3) is 5.84. The second-order valence-electron chi connectivity index (χ2n) is 16.3. The zero-order valence-electron chi connectivity index (χ0n) is 33.7. The van der Waals surface area contributed by atoms with E-state index in [9.17, 15) is 99.9 Å². The van der Waals surface area contributed by atoms with Crippen molar-refractivity contribution in [2.45, 2.75) is 65.7 Å². The molecule has 0 aromatic heterocycles. The minimum absolute atomic E-state index is 0.260. The Morgan fingerprint density at radius 3 is 1.48 bits per heavy atom. The topological polar surface area (TPSA) is 456 Å². The van der Waals surface area contributed by atoms with Crippen LogP contribution in [0.3, 0.4) is 0 Å². The van der Waals surface area contributed by atoms with Crippen molar-refractivity contribution in [3.8, 4) is 51.7 Å². The summed E-state index contributed by atoms with van der Waals surface area (Å²) in [6, 6.07) is 1.89. The number of aromatic hydroxyl groups is 7. The number of fused-ring (bicyclic) bond motifs is 2. The van der Waals surface area contributed by atoms with Crippen molar-refractivity contribution >= 4 is 41.4 Å². The highest BCUT2D eigenvalue weighted by Crippen LogP contribution is 2.60. The first kappa shape index (κ1) is 44.6. The van der Waals surface area contributed by atoms with Crippen LogP contribution in [0.4, 0.5) is 0 Å². The van der Waals surface area contributed by atoms with Crippen molar-refractivity contribution in [1.82, 2.24) is 0 Å². The molecule has 0 amide bonds. The first-order valence-corrected chi connectivity index (χ1v) is 19.6. The average molecular weight is 969 g/mol. The van der Waals surface area contributed by atoms with Gasteiger partial charge in [0.2, 0.25) is 35.5 Å². The second-order valence-corrected chi connectivity index (χ2v) is 16.3. The Kier molecular flexibility index (Phi) is 9.14. The molecule has 3 aromatic rings. The third-order valence-electron chi connectivity index (χ3n) is 12.4. The minimum atomic E-state index is -3.99. The van der Waals surface area contributed by atoms with Gasteiger partial charge in [-0.1, -0.05) is 0 Å². The van der Waals surface area contributed by atoms with Crippen LogP contribution in [0.15, 0.2) is 47.6 Å². The lowest BCUT2D eigenvalue weighted by molar-refractivity contribution is -0.339. The Morgan fingerprint density at radius 2 is 0.986 bits per heavy atom. The highest BCUT2D eigenvalue weighted by Gasteiger charge is 2.72. The summed E-state index contributed by atoms with van der Waals surface area (Å²) in [6.07, 6.45) is -11.9. The van der Waals surface area contributed by atoms with Crippen LogP contribution in [0.2, 0.25) is 0 Å². The van der Waals surface area contributed by atoms with E-state index < -0.39 is 204 Å². The molecule has 3 aromatic carbocycles. The predicted molar refractivity (Wildman–Crippen MR) is 201 cm³/mol. The summed E-state index contributed by atoms with van der Waals surface area (Å²) < 4.78 is 44.1. The fraction of sp³-hybridized carbons (Fsp3) is 0.293. The van der Waals surface area contributed by atoms with Crippen LogP contribution >= 0.6 is 0 Å². The first-order valence-electron chi connectivity index (χ1n) is 19.6. The number of phenolic OH excluding ortho intramolecular Hbond substituents is 7. The minimum Gasteiger partial charge on any atom is -0.504 e. The van der Waals surface area contributed by atoms with Crippen LogP contribution in [-0.4, -0.2) is 168 Å². The number of ketones is 2. The standard InChI is InChI=1S/C41H28O28/c42-13-1-8(2-14(43)24(13)48)32(51)67-37-31-30-27(64-36(55)12-6-19(47)41(61)39(58,59)23(12)21-10(35(54)66-31)4-16(45)26(50)29(21)69-41)17(63-37)7-62-33(52)11-5-18(46)40(60)38(56,57)22(11)20-9(34(53)65-30)3-15(44)25(49)28(20)68-40/h1-6,17,22-23,27,30-31,37,42-45,48-50,56-61H,7H2/t17-,22+,23+,27-,30+,31+,37+,40+,41-/m1/s1. The Hall–Kier alpha value is -8.25. The second kappa shape index (κ2) is 14.1. The van der Waals surface area contributed by atoms with E-state index in [2.05, 4.69) is 0 Å². The van der Waals surface area contributed by atoms with Gasteiger partial charge in [-0.15, -0.1) is 0 Å². The van der Waals surface area contributed by atoms with Gasteiger partial charge in [0.1, 0.15) is 12.7 Å². The summed E-state index contributed by atoms with van der Waals surface area (Å²) >= 11 is 0. The fourth-order valence-electron chi connectivity index (χ4n) is 9.07. The lowest BCUT2D eigenvalue weighted by Crippen LogP contribution is -2.70. The van der Waals surface area contributed by atoms with Crippen LogP contribution in [0.5, 0.6) is 51.7 Å². The number of esters is 5. The molecule has 0 unspecified atom stereocenters. The van der Waals surface area contributed by atoms with Crippen molar-refractivity contribution in [2.75, 3.05) is 6.61 Å². The molecular formula is C41H28O28. The molecule has 28 heteroatoms. The van der Waals surface area contributed by atoms with Crippen LogP contribution in [0.1, 0.15) is 54.0 Å². The molecule has 10 rings (SSSR count). The average Bonchev–Trinajstić information content (AvgIpc) is 3.27. The summed E-state index contributed by atoms with van der Waals surface area (Å²) in [5, 5.41) is 142. The van der Waals surface area contributed by atoms with E-state index in [0.717, 1.165) is 0 Å². The number of phenols is 7. The summed E-state index contributed by atoms with van der Waals surface area (Å²) in [7, 11) is 0. The smallest absolute Gasteiger partial charge is 0.340 e. The number of benzene rings is 3. The van der Waals surface area contributed by atoms with E-state index in [1.54, 1.807) is 0 Å². The van der Waals surface area contributed by atoms with Crippen LogP contribution < -0.4 is 9.47 Å². The van der Waals surface area contributed by atoms with E-state index in [-0.39, 0.29) is 6.08 Å². The van der Waals surface area contributed by atoms with Gasteiger partial charge in [0, 0.05) is 11.1 Å². The number of rotatable bonds is 2. The van der Waals surface area contributed by atoms with Crippen LogP contribution in [0, 0.1) is 0 Å². The maximum atomic E-state index is 14.7. The number of ether oxygens (including phenoxy) is 8. The van der Waals surface area contributed by atoms with Gasteiger partial charge >= 0.3 is 41.4 Å². The van der Waals surface area contributed by atoms with E-state index in [1.165, 1.54) is 0 Å². The van der Waals surface area contributed by atoms with Crippen molar-refractivity contribution in [1.29, 1.82) is 0 Å². The largest absolute Gasteiger partial charge is 0.504 e. The van der Waals surface area contributed by atoms with Crippen molar-refractivity contribution in [3.05, 3.63) is 75.4 Å². The maximum absolute atomic E-state index is 14.7. The normalized spacial score (nSPS) is 31.2. The predicted octanol–water partition coefficient (Wildman–Crippen LogP) is -3.85. The molecular weight excluding hydrogens is 940 g/mol. The van der Waals surface area contributed by atoms with Gasteiger partial charge in [0.05, 0.1) is 39.7 Å². The molecule has 13 N–H and O–H groups in total. The summed E-state index contributed by atoms with van der Waals surface area (Å²) in [6.45, 7) is -1.35. The highest BCUT2D eigenvalue weighted by atomic mass is 16.8. The van der Waals surface area contributed by atoms with Gasteiger partial charge in [-0.25, -0.2) is 24.0 Å². The lowest BCUT2D eigenvalue weighted by atomic mass is 9.70. The summed E-state index contributed by atoms with van der Waals surface area (Å²) in [5.41, 5.74) is -7.33. The number of cyclic esters (lactones) is 1. The Labute approximate surface area is 378 Å². The summed E-state index contributed by atoms with van der Waals surface area (Å²) in [4.78, 5) is 98.4. The molecule has 69 heavy (non-hydrogen) atoms. The molecule has 1 fully saturated rings. The van der Waals surface area contributed by atoms with Crippen molar-refractivity contribution < 1.29 is 138 Å². The van der Waals surface area contributed by atoms with Gasteiger partial charge < -0.3 is 104 Å². The molecule has 7 aliphatic rings. The van der Waals surface area contributed by atoms with E-state index in [4.69, 9.17) is 37.9 Å². The molecule has 1 saturated heterocycles. The highest BCUT2D eigenvalue weighted by molar-refractivity contribution is 6.10. The number of hydrogen-bond acceptors (Lipinski definition) is 28. The number of aliphatic hydroxyl groups is 6. The Bertz CT molecular complexity index is 3010. The third-order valence-corrected chi connectivity index (χ3v) is 12.4. The zero-order valence-corrected chi connectivity index (χ0v) is 33.7. The number of carbonyl (C=O) groups is 7.